The molecule has 4 rings (SSSR count). The average Bonchev–Trinajstić information content (AvgIpc) is 2.95. The van der Waals surface area contributed by atoms with Gasteiger partial charge in [-0.1, -0.05) is 78.3 Å². The number of halogens is 2. The molecule has 140 valence electrons. The second-order valence-electron chi connectivity index (χ2n) is 6.58. The number of benzene rings is 3. The van der Waals surface area contributed by atoms with Gasteiger partial charge in [-0.25, -0.2) is 4.39 Å². The molecule has 1 N–H and O–H groups in total. The first kappa shape index (κ1) is 18.3. The Balaban J connectivity index is 1.86. The highest BCUT2D eigenvalue weighted by atomic mass is 35.5. The second kappa shape index (κ2) is 7.49. The zero-order chi connectivity index (χ0) is 19.7. The predicted molar refractivity (Wildman–Crippen MR) is 107 cm³/mol. The van der Waals surface area contributed by atoms with E-state index in [2.05, 4.69) is 0 Å². The van der Waals surface area contributed by atoms with Crippen LogP contribution in [-0.4, -0.2) is 15.9 Å². The third-order valence-electron chi connectivity index (χ3n) is 4.89. The van der Waals surface area contributed by atoms with Crippen molar-refractivity contribution in [2.45, 2.75) is 12.6 Å². The first-order chi connectivity index (χ1) is 13.6. The molecule has 0 unspecified atom stereocenters. The van der Waals surface area contributed by atoms with Crippen molar-refractivity contribution in [1.29, 1.82) is 0 Å². The molecule has 1 aliphatic rings. The zero-order valence-electron chi connectivity index (χ0n) is 14.8. The topological polar surface area (TPSA) is 40.5 Å². The average molecular weight is 394 g/mol. The van der Waals surface area contributed by atoms with E-state index in [0.29, 0.717) is 21.7 Å². The third kappa shape index (κ3) is 3.16. The fourth-order valence-corrected chi connectivity index (χ4v) is 3.76. The summed E-state index contributed by atoms with van der Waals surface area (Å²) in [5, 5.41) is 11.2. The van der Waals surface area contributed by atoms with E-state index in [9.17, 15) is 14.3 Å². The summed E-state index contributed by atoms with van der Waals surface area (Å²) in [6.07, 6.45) is 0. The van der Waals surface area contributed by atoms with Gasteiger partial charge >= 0.3 is 0 Å². The highest BCUT2D eigenvalue weighted by molar-refractivity contribution is 6.31. The van der Waals surface area contributed by atoms with E-state index in [1.54, 1.807) is 42.5 Å². The molecule has 0 bridgehead atoms. The molecule has 0 aliphatic carbocycles. The van der Waals surface area contributed by atoms with E-state index in [0.717, 1.165) is 5.56 Å². The van der Waals surface area contributed by atoms with Crippen molar-refractivity contribution < 1.29 is 14.3 Å². The Bertz CT molecular complexity index is 1060. The third-order valence-corrected chi connectivity index (χ3v) is 5.26. The quantitative estimate of drug-likeness (QED) is 0.633. The fourth-order valence-electron chi connectivity index (χ4n) is 3.56. The molecule has 0 saturated carbocycles. The molecule has 0 radical (unpaired) electrons. The molecule has 28 heavy (non-hydrogen) atoms. The van der Waals surface area contributed by atoms with Gasteiger partial charge < -0.3 is 10.0 Å². The summed E-state index contributed by atoms with van der Waals surface area (Å²) in [6, 6.07) is 21.8. The number of amides is 1. The van der Waals surface area contributed by atoms with Crippen molar-refractivity contribution in [3.63, 3.8) is 0 Å². The summed E-state index contributed by atoms with van der Waals surface area (Å²) in [4.78, 5) is 14.4. The van der Waals surface area contributed by atoms with Gasteiger partial charge in [-0.05, 0) is 23.3 Å². The lowest BCUT2D eigenvalue weighted by Crippen LogP contribution is -2.30. The van der Waals surface area contributed by atoms with Crippen LogP contribution in [0.2, 0.25) is 5.02 Å². The van der Waals surface area contributed by atoms with Crippen LogP contribution >= 0.6 is 11.6 Å². The molecule has 1 atom stereocenters. The Labute approximate surface area is 167 Å². The van der Waals surface area contributed by atoms with Gasteiger partial charge in [-0.2, -0.15) is 0 Å². The molecule has 0 fully saturated rings. The first-order valence-corrected chi connectivity index (χ1v) is 9.23. The van der Waals surface area contributed by atoms with Crippen LogP contribution in [0.4, 0.5) is 4.39 Å². The molecule has 1 amide bonds. The van der Waals surface area contributed by atoms with Crippen molar-refractivity contribution in [3.05, 3.63) is 112 Å². The van der Waals surface area contributed by atoms with Crippen LogP contribution in [-0.2, 0) is 11.3 Å². The van der Waals surface area contributed by atoms with Crippen molar-refractivity contribution >= 4 is 23.1 Å². The predicted octanol–water partition coefficient (Wildman–Crippen LogP) is 5.53. The standard InChI is InChI=1S/C23H17ClFNO2/c24-18-12-6-4-10-16(18)14-26-21(17-11-5-7-13-19(17)25)20(22(27)23(26)28)15-8-2-1-3-9-15/h1-13,21,27H,14H2/t21-/m0/s1. The number of aliphatic hydroxyl groups excluding tert-OH is 1. The molecule has 0 spiro atoms. The Hall–Kier alpha value is -3.11. The van der Waals surface area contributed by atoms with Gasteiger partial charge in [0.15, 0.2) is 5.76 Å². The van der Waals surface area contributed by atoms with Gasteiger partial charge in [0.2, 0.25) is 0 Å². The summed E-state index contributed by atoms with van der Waals surface area (Å²) >= 11 is 6.28. The molecule has 1 aliphatic heterocycles. The monoisotopic (exact) mass is 393 g/mol. The summed E-state index contributed by atoms with van der Waals surface area (Å²) in [6.45, 7) is 0.151. The maximum absolute atomic E-state index is 14.7. The molecule has 3 nitrogen and oxygen atoms in total. The van der Waals surface area contributed by atoms with Gasteiger partial charge in [-0.3, -0.25) is 4.79 Å². The summed E-state index contributed by atoms with van der Waals surface area (Å²) in [5.74, 6) is -1.36. The molecule has 5 heteroatoms. The van der Waals surface area contributed by atoms with Crippen LogP contribution in [0, 0.1) is 5.82 Å². The SMILES string of the molecule is O=C1C(O)=C(c2ccccc2)[C@H](c2ccccc2F)N1Cc1ccccc1Cl. The van der Waals surface area contributed by atoms with Crippen LogP contribution in [0.25, 0.3) is 5.57 Å². The number of hydrogen-bond acceptors (Lipinski definition) is 2. The van der Waals surface area contributed by atoms with Crippen molar-refractivity contribution in [1.82, 2.24) is 4.90 Å². The van der Waals surface area contributed by atoms with Gasteiger partial charge in [0.05, 0.1) is 6.04 Å². The Morgan fingerprint density at radius 3 is 2.29 bits per heavy atom. The van der Waals surface area contributed by atoms with Crippen LogP contribution in [0.5, 0.6) is 0 Å². The molecule has 1 heterocycles. The summed E-state index contributed by atoms with van der Waals surface area (Å²) < 4.78 is 14.7. The lowest BCUT2D eigenvalue weighted by atomic mass is 9.93. The highest BCUT2D eigenvalue weighted by Gasteiger charge is 2.42. The van der Waals surface area contributed by atoms with Gasteiger partial charge in [0.1, 0.15) is 5.82 Å². The molecule has 3 aromatic carbocycles. The molecule has 3 aromatic rings. The van der Waals surface area contributed by atoms with E-state index in [1.807, 2.05) is 30.3 Å². The Morgan fingerprint density at radius 2 is 1.57 bits per heavy atom. The number of nitrogens with zero attached hydrogens (tertiary/aromatic N) is 1. The molecular formula is C23H17ClFNO2. The molecule has 0 aromatic heterocycles. The smallest absolute Gasteiger partial charge is 0.290 e. The van der Waals surface area contributed by atoms with Crippen molar-refractivity contribution in [3.8, 4) is 0 Å². The minimum Gasteiger partial charge on any atom is -0.503 e. The Morgan fingerprint density at radius 1 is 0.929 bits per heavy atom. The van der Waals surface area contributed by atoms with E-state index < -0.39 is 17.8 Å². The lowest BCUT2D eigenvalue weighted by Gasteiger charge is -2.28. The maximum Gasteiger partial charge on any atom is 0.290 e. The minimum absolute atomic E-state index is 0.151. The minimum atomic E-state index is -0.757. The number of hydrogen-bond donors (Lipinski definition) is 1. The highest BCUT2D eigenvalue weighted by Crippen LogP contribution is 2.44. The van der Waals surface area contributed by atoms with E-state index in [1.165, 1.54) is 11.0 Å². The van der Waals surface area contributed by atoms with Gasteiger partial charge in [0, 0.05) is 22.7 Å². The zero-order valence-corrected chi connectivity index (χ0v) is 15.6. The molecule has 0 saturated heterocycles. The van der Waals surface area contributed by atoms with Crippen LogP contribution < -0.4 is 0 Å². The maximum atomic E-state index is 14.7. The van der Waals surface area contributed by atoms with E-state index in [4.69, 9.17) is 11.6 Å². The van der Waals surface area contributed by atoms with E-state index in [-0.39, 0.29) is 12.3 Å². The van der Waals surface area contributed by atoms with Crippen LogP contribution in [0.3, 0.4) is 0 Å². The second-order valence-corrected chi connectivity index (χ2v) is 6.98. The van der Waals surface area contributed by atoms with Crippen molar-refractivity contribution in [2.75, 3.05) is 0 Å². The van der Waals surface area contributed by atoms with Gasteiger partial charge in [0.25, 0.3) is 5.91 Å². The van der Waals surface area contributed by atoms with Crippen molar-refractivity contribution in [2.24, 2.45) is 0 Å². The number of aliphatic hydroxyl groups is 1. The van der Waals surface area contributed by atoms with E-state index >= 15 is 0 Å². The molecular weight excluding hydrogens is 377 g/mol. The normalized spacial score (nSPS) is 16.7. The number of rotatable bonds is 4. The van der Waals surface area contributed by atoms with Gasteiger partial charge in [-0.15, -0.1) is 0 Å². The fraction of sp³-hybridized carbons (Fsp3) is 0.0870. The number of carbonyl (C=O) groups is 1. The summed E-state index contributed by atoms with van der Waals surface area (Å²) in [5.41, 5.74) is 2.11. The summed E-state index contributed by atoms with van der Waals surface area (Å²) in [7, 11) is 0. The first-order valence-electron chi connectivity index (χ1n) is 8.85. The number of carbonyl (C=O) groups excluding carboxylic acids is 1. The largest absolute Gasteiger partial charge is 0.503 e. The Kier molecular flexibility index (Phi) is 4.88. The van der Waals surface area contributed by atoms with Crippen LogP contribution in [0.1, 0.15) is 22.7 Å². The van der Waals surface area contributed by atoms with Crippen LogP contribution in [0.15, 0.2) is 84.6 Å². The lowest BCUT2D eigenvalue weighted by molar-refractivity contribution is -0.130.